The molecule has 0 spiro atoms. The van der Waals surface area contributed by atoms with E-state index in [-0.39, 0.29) is 5.82 Å². The molecular weight excluding hydrogens is 287 g/mol. The molecule has 1 aromatic rings. The molecule has 0 saturated carbocycles. The number of benzene rings is 1. The van der Waals surface area contributed by atoms with Gasteiger partial charge in [0.1, 0.15) is 5.82 Å². The third-order valence-corrected chi connectivity index (χ3v) is 3.50. The summed E-state index contributed by atoms with van der Waals surface area (Å²) in [6, 6.07) is 4.64. The Bertz CT molecular complexity index is 420. The first-order valence-corrected chi connectivity index (χ1v) is 6.35. The van der Waals surface area contributed by atoms with Crippen molar-refractivity contribution in [2.75, 3.05) is 0 Å². The zero-order valence-corrected chi connectivity index (χ0v) is 11.6. The molecule has 1 rings (SSSR count). The molecule has 94 valence electrons. The van der Waals surface area contributed by atoms with Gasteiger partial charge in [-0.1, -0.05) is 19.4 Å². The molecule has 4 heteroatoms. The number of carbonyl (C=O) groups is 1. The molecule has 0 aliphatic carbocycles. The predicted octanol–water partition coefficient (Wildman–Crippen LogP) is 4.02. The number of hydrogen-bond donors (Lipinski definition) is 1. The molecule has 0 bridgehead atoms. The number of carboxylic acid groups (broad SMARTS) is 1. The summed E-state index contributed by atoms with van der Waals surface area (Å²) in [4.78, 5) is 11.3. The van der Waals surface area contributed by atoms with Crippen LogP contribution in [0.3, 0.4) is 0 Å². The van der Waals surface area contributed by atoms with Crippen LogP contribution in [0.15, 0.2) is 22.7 Å². The van der Waals surface area contributed by atoms with E-state index in [2.05, 4.69) is 15.9 Å². The summed E-state index contributed by atoms with van der Waals surface area (Å²) in [6.45, 7) is 3.69. The van der Waals surface area contributed by atoms with Gasteiger partial charge in [-0.2, -0.15) is 0 Å². The van der Waals surface area contributed by atoms with Gasteiger partial charge in [-0.25, -0.2) is 4.39 Å². The Morgan fingerprint density at radius 2 is 2.18 bits per heavy atom. The maximum atomic E-state index is 13.1. The highest BCUT2D eigenvalue weighted by molar-refractivity contribution is 9.10. The Morgan fingerprint density at radius 3 is 2.65 bits per heavy atom. The molecule has 0 amide bonds. The fraction of sp³-hybridized carbons (Fsp3) is 0.462. The van der Waals surface area contributed by atoms with E-state index < -0.39 is 11.4 Å². The van der Waals surface area contributed by atoms with Crippen molar-refractivity contribution in [3.05, 3.63) is 34.1 Å². The summed E-state index contributed by atoms with van der Waals surface area (Å²) in [5, 5.41) is 9.26. The van der Waals surface area contributed by atoms with Crippen LogP contribution >= 0.6 is 15.9 Å². The van der Waals surface area contributed by atoms with Crippen LogP contribution in [-0.2, 0) is 11.2 Å². The van der Waals surface area contributed by atoms with Crippen LogP contribution in [0.25, 0.3) is 0 Å². The van der Waals surface area contributed by atoms with E-state index in [1.54, 1.807) is 19.1 Å². The lowest BCUT2D eigenvalue weighted by atomic mass is 9.80. The molecule has 17 heavy (non-hydrogen) atoms. The van der Waals surface area contributed by atoms with E-state index >= 15 is 0 Å². The van der Waals surface area contributed by atoms with Crippen LogP contribution in [-0.4, -0.2) is 11.1 Å². The molecular formula is C13H16BrFO2. The summed E-state index contributed by atoms with van der Waals surface area (Å²) in [7, 11) is 0. The van der Waals surface area contributed by atoms with Crippen molar-refractivity contribution in [2.45, 2.75) is 33.1 Å². The zero-order chi connectivity index (χ0) is 13.1. The number of carboxylic acids is 1. The van der Waals surface area contributed by atoms with Crippen molar-refractivity contribution in [1.29, 1.82) is 0 Å². The minimum Gasteiger partial charge on any atom is -0.481 e. The smallest absolute Gasteiger partial charge is 0.309 e. The maximum absolute atomic E-state index is 13.1. The molecule has 0 fully saturated rings. The van der Waals surface area contributed by atoms with Crippen LogP contribution in [0.2, 0.25) is 0 Å². The van der Waals surface area contributed by atoms with Crippen molar-refractivity contribution in [3.8, 4) is 0 Å². The number of hydrogen-bond acceptors (Lipinski definition) is 1. The van der Waals surface area contributed by atoms with Gasteiger partial charge in [0.15, 0.2) is 0 Å². The highest BCUT2D eigenvalue weighted by Gasteiger charge is 2.32. The van der Waals surface area contributed by atoms with E-state index in [1.165, 1.54) is 6.07 Å². The Balaban J connectivity index is 2.94. The average Bonchev–Trinajstić information content (AvgIpc) is 2.23. The lowest BCUT2D eigenvalue weighted by Gasteiger charge is -2.24. The quantitative estimate of drug-likeness (QED) is 0.892. The summed E-state index contributed by atoms with van der Waals surface area (Å²) in [5.41, 5.74) is 0.0445. The van der Waals surface area contributed by atoms with Gasteiger partial charge in [-0.05, 0) is 53.4 Å². The fourth-order valence-electron chi connectivity index (χ4n) is 1.92. The SMILES string of the molecule is CCCC(C)(Cc1ccc(F)c(Br)c1)C(=O)O. The normalized spacial score (nSPS) is 14.4. The van der Waals surface area contributed by atoms with Gasteiger partial charge in [0.2, 0.25) is 0 Å². The van der Waals surface area contributed by atoms with Crippen molar-refractivity contribution < 1.29 is 14.3 Å². The van der Waals surface area contributed by atoms with Crippen LogP contribution in [0.4, 0.5) is 4.39 Å². The van der Waals surface area contributed by atoms with Gasteiger partial charge >= 0.3 is 5.97 Å². The van der Waals surface area contributed by atoms with Crippen LogP contribution in [0, 0.1) is 11.2 Å². The fourth-order valence-corrected chi connectivity index (χ4v) is 2.35. The van der Waals surface area contributed by atoms with Crippen LogP contribution in [0.5, 0.6) is 0 Å². The molecule has 1 N–H and O–H groups in total. The minimum atomic E-state index is -0.806. The van der Waals surface area contributed by atoms with E-state index in [4.69, 9.17) is 0 Å². The van der Waals surface area contributed by atoms with Gasteiger partial charge in [-0.3, -0.25) is 4.79 Å². The number of aliphatic carboxylic acids is 1. The highest BCUT2D eigenvalue weighted by Crippen LogP contribution is 2.30. The molecule has 1 unspecified atom stereocenters. The largest absolute Gasteiger partial charge is 0.481 e. The van der Waals surface area contributed by atoms with Crippen molar-refractivity contribution in [1.82, 2.24) is 0 Å². The second-order valence-corrected chi connectivity index (χ2v) is 5.40. The van der Waals surface area contributed by atoms with Gasteiger partial charge in [-0.15, -0.1) is 0 Å². The van der Waals surface area contributed by atoms with E-state index in [9.17, 15) is 14.3 Å². The molecule has 0 radical (unpaired) electrons. The molecule has 0 aliphatic rings. The second-order valence-electron chi connectivity index (χ2n) is 4.54. The Labute approximate surface area is 109 Å². The molecule has 2 nitrogen and oxygen atoms in total. The monoisotopic (exact) mass is 302 g/mol. The Kier molecular flexibility index (Phi) is 4.69. The van der Waals surface area contributed by atoms with E-state index in [0.717, 1.165) is 12.0 Å². The average molecular weight is 303 g/mol. The van der Waals surface area contributed by atoms with Gasteiger partial charge < -0.3 is 5.11 Å². The predicted molar refractivity (Wildman–Crippen MR) is 68.5 cm³/mol. The third-order valence-electron chi connectivity index (χ3n) is 2.90. The first-order valence-electron chi connectivity index (χ1n) is 5.56. The molecule has 0 aromatic heterocycles. The topological polar surface area (TPSA) is 37.3 Å². The van der Waals surface area contributed by atoms with Crippen LogP contribution < -0.4 is 0 Å². The van der Waals surface area contributed by atoms with E-state index in [1.807, 2.05) is 6.92 Å². The van der Waals surface area contributed by atoms with Crippen molar-refractivity contribution in [3.63, 3.8) is 0 Å². The van der Waals surface area contributed by atoms with Gasteiger partial charge in [0.25, 0.3) is 0 Å². The van der Waals surface area contributed by atoms with Crippen molar-refractivity contribution >= 4 is 21.9 Å². The Hall–Kier alpha value is -0.900. The first-order chi connectivity index (χ1) is 7.89. The summed E-state index contributed by atoms with van der Waals surface area (Å²) < 4.78 is 13.4. The van der Waals surface area contributed by atoms with Crippen LogP contribution in [0.1, 0.15) is 32.3 Å². The van der Waals surface area contributed by atoms with Gasteiger partial charge in [0.05, 0.1) is 9.89 Å². The molecule has 1 aromatic carbocycles. The zero-order valence-electron chi connectivity index (χ0n) is 9.96. The molecule has 1 atom stereocenters. The molecule has 0 aliphatic heterocycles. The minimum absolute atomic E-state index is 0.332. The molecule has 0 heterocycles. The maximum Gasteiger partial charge on any atom is 0.309 e. The number of rotatable bonds is 5. The van der Waals surface area contributed by atoms with Crippen molar-refractivity contribution in [2.24, 2.45) is 5.41 Å². The van der Waals surface area contributed by atoms with E-state index in [0.29, 0.717) is 17.3 Å². The molecule has 0 saturated heterocycles. The summed E-state index contributed by atoms with van der Waals surface area (Å²) >= 11 is 3.11. The second kappa shape index (κ2) is 5.63. The Morgan fingerprint density at radius 1 is 1.53 bits per heavy atom. The lowest BCUT2D eigenvalue weighted by Crippen LogP contribution is -2.29. The highest BCUT2D eigenvalue weighted by atomic mass is 79.9. The first kappa shape index (κ1) is 14.2. The lowest BCUT2D eigenvalue weighted by molar-refractivity contribution is -0.148. The van der Waals surface area contributed by atoms with Gasteiger partial charge in [0, 0.05) is 0 Å². The number of halogens is 2. The summed E-state index contributed by atoms with van der Waals surface area (Å²) in [5.74, 6) is -1.14. The summed E-state index contributed by atoms with van der Waals surface area (Å²) in [6.07, 6.45) is 1.83. The standard InChI is InChI=1S/C13H16BrFO2/c1-3-6-13(2,12(16)17)8-9-4-5-11(15)10(14)7-9/h4-5,7H,3,6,8H2,1-2H3,(H,16,17). The third kappa shape index (κ3) is 3.53.